The monoisotopic (exact) mass is 515 g/mol. The molecule has 0 radical (unpaired) electrons. The Bertz CT molecular complexity index is 1210. The van der Waals surface area contributed by atoms with Gasteiger partial charge in [0.15, 0.2) is 5.71 Å². The van der Waals surface area contributed by atoms with Crippen molar-refractivity contribution >= 4 is 48.2 Å². The first kappa shape index (κ1) is 28.7. The van der Waals surface area contributed by atoms with Crippen molar-refractivity contribution in [2.24, 2.45) is 0 Å². The summed E-state index contributed by atoms with van der Waals surface area (Å²) in [4.78, 5) is 25.2. The Morgan fingerprint density at radius 1 is 0.667 bits per heavy atom. The van der Waals surface area contributed by atoms with Gasteiger partial charge in [-0.15, -0.1) is 11.8 Å². The standard InChI is InChI=1S/C16H13NO3S.C12H11P.C2H6/c1-21-13-8-4-11(5-9-13)16(20)14(17)15(19)10-2-6-12(18)7-3-10;1-3-7-11(8-4-1)13-12-9-5-2-6-10-12;1-2/h2-9,17-18H,1H3;1-10,13H;1-2H3. The number of phenolic OH excluding ortho intramolecular Hbond substituents is 1. The number of phenols is 1. The zero-order chi connectivity index (χ0) is 26.3. The van der Waals surface area contributed by atoms with Crippen LogP contribution in [-0.2, 0) is 0 Å². The van der Waals surface area contributed by atoms with Crippen LogP contribution in [0.1, 0.15) is 34.6 Å². The first-order valence-electron chi connectivity index (χ1n) is 11.5. The molecule has 4 aromatic rings. The summed E-state index contributed by atoms with van der Waals surface area (Å²) in [5.74, 6) is -1.24. The van der Waals surface area contributed by atoms with Crippen molar-refractivity contribution in [3.8, 4) is 5.75 Å². The summed E-state index contributed by atoms with van der Waals surface area (Å²) in [6.45, 7) is 4.00. The van der Waals surface area contributed by atoms with Gasteiger partial charge in [0.05, 0.1) is 0 Å². The van der Waals surface area contributed by atoms with Gasteiger partial charge in [-0.1, -0.05) is 83.1 Å². The molecule has 0 amide bonds. The van der Waals surface area contributed by atoms with Crippen molar-refractivity contribution in [3.05, 3.63) is 120 Å². The molecule has 36 heavy (non-hydrogen) atoms. The van der Waals surface area contributed by atoms with Gasteiger partial charge in [-0.3, -0.25) is 15.0 Å². The number of hydrogen-bond acceptors (Lipinski definition) is 5. The first-order chi connectivity index (χ1) is 17.5. The van der Waals surface area contributed by atoms with E-state index in [4.69, 9.17) is 5.41 Å². The van der Waals surface area contributed by atoms with Crippen LogP contribution in [0.15, 0.2) is 114 Å². The number of thioether (sulfide) groups is 1. The zero-order valence-electron chi connectivity index (χ0n) is 20.6. The summed E-state index contributed by atoms with van der Waals surface area (Å²) in [5, 5.41) is 19.7. The topological polar surface area (TPSA) is 78.2 Å². The summed E-state index contributed by atoms with van der Waals surface area (Å²) in [6.07, 6.45) is 1.92. The van der Waals surface area contributed by atoms with E-state index in [1.807, 2.05) is 20.1 Å². The van der Waals surface area contributed by atoms with E-state index in [2.05, 4.69) is 60.7 Å². The molecule has 4 aromatic carbocycles. The number of carbonyl (C=O) groups is 2. The van der Waals surface area contributed by atoms with Crippen LogP contribution in [-0.4, -0.2) is 28.6 Å². The fraction of sp³-hybridized carbons (Fsp3) is 0.100. The van der Waals surface area contributed by atoms with Crippen molar-refractivity contribution in [1.82, 2.24) is 0 Å². The SMILES string of the molecule is CC.CSc1ccc(C(=O)C(=N)C(=O)c2ccc(O)cc2)cc1.c1ccc(Pc2ccccc2)cc1. The molecule has 0 aliphatic carbocycles. The maximum atomic E-state index is 12.1. The molecule has 0 aromatic heterocycles. The second-order valence-corrected chi connectivity index (χ2v) is 9.45. The third kappa shape index (κ3) is 8.92. The molecule has 0 spiro atoms. The van der Waals surface area contributed by atoms with Crippen molar-refractivity contribution in [2.75, 3.05) is 6.26 Å². The summed E-state index contributed by atoms with van der Waals surface area (Å²) >= 11 is 1.55. The highest BCUT2D eigenvalue weighted by Crippen LogP contribution is 2.16. The average molecular weight is 516 g/mol. The Hall–Kier alpha value is -3.53. The lowest BCUT2D eigenvalue weighted by Crippen LogP contribution is -2.23. The Morgan fingerprint density at radius 2 is 1.06 bits per heavy atom. The van der Waals surface area contributed by atoms with E-state index in [1.165, 1.54) is 34.9 Å². The largest absolute Gasteiger partial charge is 0.508 e. The molecule has 0 aliphatic rings. The molecule has 0 aliphatic heterocycles. The molecule has 4 nitrogen and oxygen atoms in total. The predicted molar refractivity (Wildman–Crippen MR) is 155 cm³/mol. The van der Waals surface area contributed by atoms with E-state index >= 15 is 0 Å². The second kappa shape index (κ2) is 15.5. The molecule has 0 saturated heterocycles. The van der Waals surface area contributed by atoms with Crippen LogP contribution < -0.4 is 10.6 Å². The fourth-order valence-electron chi connectivity index (χ4n) is 2.96. The highest BCUT2D eigenvalue weighted by molar-refractivity contribution is 7.98. The Morgan fingerprint density at radius 3 is 1.44 bits per heavy atom. The van der Waals surface area contributed by atoms with Gasteiger partial charge in [0.1, 0.15) is 5.75 Å². The van der Waals surface area contributed by atoms with E-state index in [-0.39, 0.29) is 11.3 Å². The third-order valence-electron chi connectivity index (χ3n) is 4.77. The second-order valence-electron chi connectivity index (χ2n) is 7.17. The number of benzene rings is 4. The van der Waals surface area contributed by atoms with Crippen molar-refractivity contribution in [2.45, 2.75) is 18.7 Å². The number of carbonyl (C=O) groups excluding carboxylic acids is 2. The molecule has 0 bridgehead atoms. The van der Waals surface area contributed by atoms with E-state index < -0.39 is 17.3 Å². The van der Waals surface area contributed by atoms with Gasteiger partial charge < -0.3 is 5.11 Å². The lowest BCUT2D eigenvalue weighted by molar-refractivity contribution is 0.101. The van der Waals surface area contributed by atoms with E-state index in [0.717, 1.165) is 13.5 Å². The Kier molecular flexibility index (Phi) is 12.3. The normalized spacial score (nSPS) is 9.64. The minimum atomic E-state index is -0.658. The molecule has 0 atom stereocenters. The number of hydrogen-bond donors (Lipinski definition) is 2. The van der Waals surface area contributed by atoms with Gasteiger partial charge in [-0.2, -0.15) is 0 Å². The lowest BCUT2D eigenvalue weighted by atomic mass is 9.99. The minimum absolute atomic E-state index is 0.0251. The highest BCUT2D eigenvalue weighted by Gasteiger charge is 2.21. The highest BCUT2D eigenvalue weighted by atomic mass is 32.2. The van der Waals surface area contributed by atoms with Crippen LogP contribution in [0, 0.1) is 5.41 Å². The van der Waals surface area contributed by atoms with Gasteiger partial charge >= 0.3 is 0 Å². The molecule has 0 heterocycles. The Labute approximate surface area is 219 Å². The summed E-state index contributed by atoms with van der Waals surface area (Å²) < 4.78 is 0. The summed E-state index contributed by atoms with van der Waals surface area (Å²) in [5.41, 5.74) is -0.0746. The van der Waals surface area contributed by atoms with Crippen LogP contribution in [0.5, 0.6) is 5.75 Å². The number of ketones is 2. The molecular weight excluding hydrogens is 485 g/mol. The molecule has 184 valence electrons. The molecule has 0 fully saturated rings. The first-order valence-corrected chi connectivity index (χ1v) is 13.7. The zero-order valence-corrected chi connectivity index (χ0v) is 22.4. The minimum Gasteiger partial charge on any atom is -0.508 e. The van der Waals surface area contributed by atoms with Crippen LogP contribution in [0.4, 0.5) is 0 Å². The van der Waals surface area contributed by atoms with Gasteiger partial charge in [0.2, 0.25) is 11.6 Å². The molecule has 4 rings (SSSR count). The number of Topliss-reactive ketones (excluding diaryl/α,β-unsaturated/α-hetero) is 2. The predicted octanol–water partition coefficient (Wildman–Crippen LogP) is 6.54. The van der Waals surface area contributed by atoms with Gasteiger partial charge in [-0.25, -0.2) is 0 Å². The lowest BCUT2D eigenvalue weighted by Gasteiger charge is -2.04. The Balaban J connectivity index is 0.000000260. The number of aromatic hydroxyl groups is 1. The maximum absolute atomic E-state index is 12.1. The van der Waals surface area contributed by atoms with Crippen molar-refractivity contribution in [1.29, 1.82) is 5.41 Å². The van der Waals surface area contributed by atoms with E-state index in [9.17, 15) is 14.7 Å². The van der Waals surface area contributed by atoms with Crippen LogP contribution >= 0.6 is 20.3 Å². The molecule has 0 saturated carbocycles. The average Bonchev–Trinajstić information content (AvgIpc) is 2.95. The van der Waals surface area contributed by atoms with Gasteiger partial charge in [0.25, 0.3) is 0 Å². The molecule has 2 N–H and O–H groups in total. The van der Waals surface area contributed by atoms with Gasteiger partial charge in [-0.05, 0) is 65.4 Å². The fourth-order valence-corrected chi connectivity index (χ4v) is 4.42. The quantitative estimate of drug-likeness (QED) is 0.0963. The summed E-state index contributed by atoms with van der Waals surface area (Å²) in [7, 11) is 0.777. The number of nitrogens with one attached hydrogen (secondary N) is 1. The molecular formula is C30H30NO3PS. The molecule has 0 unspecified atom stereocenters. The summed E-state index contributed by atoms with van der Waals surface area (Å²) in [6, 6.07) is 33.4. The van der Waals surface area contributed by atoms with Crippen molar-refractivity contribution in [3.63, 3.8) is 0 Å². The van der Waals surface area contributed by atoms with Crippen LogP contribution in [0.3, 0.4) is 0 Å². The third-order valence-corrected chi connectivity index (χ3v) is 6.76. The van der Waals surface area contributed by atoms with Gasteiger partial charge in [0, 0.05) is 16.0 Å². The molecule has 6 heteroatoms. The number of rotatable bonds is 7. The van der Waals surface area contributed by atoms with Crippen LogP contribution in [0.25, 0.3) is 0 Å². The smallest absolute Gasteiger partial charge is 0.214 e. The maximum Gasteiger partial charge on any atom is 0.214 e. The van der Waals surface area contributed by atoms with E-state index in [1.54, 1.807) is 36.0 Å². The van der Waals surface area contributed by atoms with Crippen molar-refractivity contribution < 1.29 is 14.7 Å². The van der Waals surface area contributed by atoms with Crippen LogP contribution in [0.2, 0.25) is 0 Å². The van der Waals surface area contributed by atoms with E-state index in [0.29, 0.717) is 5.56 Å².